The number of ether oxygens (including phenoxy) is 1. The Morgan fingerprint density at radius 1 is 1.37 bits per heavy atom. The third-order valence-corrected chi connectivity index (χ3v) is 4.92. The highest BCUT2D eigenvalue weighted by atomic mass is 32.2. The highest BCUT2D eigenvalue weighted by molar-refractivity contribution is 7.89. The molecular weight excluding hydrogens is 273 g/mol. The van der Waals surface area contributed by atoms with Crippen molar-refractivity contribution in [1.29, 1.82) is 0 Å². The largest absolute Gasteiger partial charge is 0.468 e. The maximum absolute atomic E-state index is 13.5. The number of nitrogens with zero attached hydrogens (tertiary/aromatic N) is 1. The Morgan fingerprint density at radius 3 is 2.58 bits per heavy atom. The molecule has 2 rings (SSSR count). The molecule has 0 amide bonds. The van der Waals surface area contributed by atoms with Crippen LogP contribution in [0.2, 0.25) is 0 Å². The summed E-state index contributed by atoms with van der Waals surface area (Å²) < 4.78 is 43.6. The molecular formula is C12H14FNO4S. The first-order valence-corrected chi connectivity index (χ1v) is 7.19. The number of carbonyl (C=O) groups excluding carboxylic acids is 1. The number of hydrogen-bond donors (Lipinski definition) is 0. The number of benzene rings is 1. The number of halogens is 1. The van der Waals surface area contributed by atoms with Gasteiger partial charge in [0.1, 0.15) is 12.2 Å². The fraction of sp³-hybridized carbons (Fsp3) is 0.417. The zero-order chi connectivity index (χ0) is 14.0. The standard InChI is InChI=1S/C12H14FNO4S/c1-18-12(15)11-7-9(13)8-14(11)19(16,17)10-5-3-2-4-6-10/h2-6,9,11H,7-8H2,1H3/t9-,11+/m1/s1. The van der Waals surface area contributed by atoms with Gasteiger partial charge in [-0.15, -0.1) is 0 Å². The molecule has 0 saturated carbocycles. The van der Waals surface area contributed by atoms with Gasteiger partial charge in [0.2, 0.25) is 10.0 Å². The van der Waals surface area contributed by atoms with Crippen molar-refractivity contribution >= 4 is 16.0 Å². The van der Waals surface area contributed by atoms with E-state index >= 15 is 0 Å². The summed E-state index contributed by atoms with van der Waals surface area (Å²) in [5.41, 5.74) is 0. The van der Waals surface area contributed by atoms with E-state index < -0.39 is 28.2 Å². The molecule has 0 spiro atoms. The molecule has 1 fully saturated rings. The summed E-state index contributed by atoms with van der Waals surface area (Å²) in [6.07, 6.45) is -1.53. The SMILES string of the molecule is COC(=O)[C@@H]1C[C@@H](F)CN1S(=O)(=O)c1ccccc1. The lowest BCUT2D eigenvalue weighted by Crippen LogP contribution is -2.41. The first-order chi connectivity index (χ1) is 8.96. The van der Waals surface area contributed by atoms with Crippen molar-refractivity contribution in [3.63, 3.8) is 0 Å². The molecule has 19 heavy (non-hydrogen) atoms. The molecule has 7 heteroatoms. The molecule has 1 aliphatic heterocycles. The molecule has 0 aliphatic carbocycles. The van der Waals surface area contributed by atoms with Crippen molar-refractivity contribution < 1.29 is 22.3 Å². The number of hydrogen-bond acceptors (Lipinski definition) is 4. The second-order valence-electron chi connectivity index (χ2n) is 4.26. The van der Waals surface area contributed by atoms with E-state index in [9.17, 15) is 17.6 Å². The molecule has 0 unspecified atom stereocenters. The number of rotatable bonds is 3. The van der Waals surface area contributed by atoms with Crippen molar-refractivity contribution in [2.75, 3.05) is 13.7 Å². The van der Waals surface area contributed by atoms with Crippen LogP contribution in [-0.4, -0.2) is 44.6 Å². The summed E-state index contributed by atoms with van der Waals surface area (Å²) >= 11 is 0. The van der Waals surface area contributed by atoms with Crippen LogP contribution in [0.5, 0.6) is 0 Å². The summed E-state index contributed by atoms with van der Waals surface area (Å²) in [5.74, 6) is -0.736. The minimum Gasteiger partial charge on any atom is -0.468 e. The van der Waals surface area contributed by atoms with Gasteiger partial charge >= 0.3 is 5.97 Å². The molecule has 0 aromatic heterocycles. The van der Waals surface area contributed by atoms with Gasteiger partial charge in [0, 0.05) is 13.0 Å². The van der Waals surface area contributed by atoms with E-state index in [2.05, 4.69) is 4.74 Å². The maximum Gasteiger partial charge on any atom is 0.324 e. The number of esters is 1. The van der Waals surface area contributed by atoms with Gasteiger partial charge in [0.25, 0.3) is 0 Å². The Bertz CT molecular complexity index is 560. The molecule has 1 aromatic carbocycles. The lowest BCUT2D eigenvalue weighted by Gasteiger charge is -2.21. The summed E-state index contributed by atoms with van der Waals surface area (Å²) in [7, 11) is -2.73. The van der Waals surface area contributed by atoms with Gasteiger partial charge < -0.3 is 4.74 Å². The van der Waals surface area contributed by atoms with E-state index in [0.717, 1.165) is 11.4 Å². The smallest absolute Gasteiger partial charge is 0.324 e. The van der Waals surface area contributed by atoms with Gasteiger partial charge in [0.05, 0.1) is 12.0 Å². The van der Waals surface area contributed by atoms with Gasteiger partial charge in [-0.05, 0) is 12.1 Å². The summed E-state index contributed by atoms with van der Waals surface area (Å²) in [6.45, 7) is -0.322. The molecule has 0 bridgehead atoms. The van der Waals surface area contributed by atoms with Crippen molar-refractivity contribution in [3.8, 4) is 0 Å². The number of sulfonamides is 1. The predicted octanol–water partition coefficient (Wildman–Crippen LogP) is 0.961. The van der Waals surface area contributed by atoms with Crippen molar-refractivity contribution in [2.45, 2.75) is 23.5 Å². The third-order valence-electron chi connectivity index (χ3n) is 3.03. The molecule has 0 N–H and O–H groups in total. The van der Waals surface area contributed by atoms with E-state index in [4.69, 9.17) is 0 Å². The monoisotopic (exact) mass is 287 g/mol. The van der Waals surface area contributed by atoms with E-state index in [0.29, 0.717) is 0 Å². The second kappa shape index (κ2) is 5.26. The van der Waals surface area contributed by atoms with Crippen LogP contribution in [0.25, 0.3) is 0 Å². The average Bonchev–Trinajstić information content (AvgIpc) is 2.81. The molecule has 104 valence electrons. The Kier molecular flexibility index (Phi) is 3.86. The molecule has 1 aliphatic rings. The maximum atomic E-state index is 13.5. The van der Waals surface area contributed by atoms with E-state index in [1.807, 2.05) is 0 Å². The van der Waals surface area contributed by atoms with Crippen LogP contribution in [0.1, 0.15) is 6.42 Å². The van der Waals surface area contributed by atoms with Crippen LogP contribution in [-0.2, 0) is 19.6 Å². The minimum absolute atomic E-state index is 0.0398. The first-order valence-electron chi connectivity index (χ1n) is 5.75. The van der Waals surface area contributed by atoms with E-state index in [1.54, 1.807) is 18.2 Å². The van der Waals surface area contributed by atoms with Crippen molar-refractivity contribution in [1.82, 2.24) is 4.31 Å². The van der Waals surface area contributed by atoms with Gasteiger partial charge in [-0.3, -0.25) is 4.79 Å². The fourth-order valence-electron chi connectivity index (χ4n) is 2.10. The minimum atomic E-state index is -3.88. The average molecular weight is 287 g/mol. The summed E-state index contributed by atoms with van der Waals surface area (Å²) in [4.78, 5) is 11.6. The van der Waals surface area contributed by atoms with Crippen LogP contribution in [0.4, 0.5) is 4.39 Å². The lowest BCUT2D eigenvalue weighted by atomic mass is 10.2. The Labute approximate surface area is 111 Å². The normalized spacial score (nSPS) is 24.3. The van der Waals surface area contributed by atoms with E-state index in [1.165, 1.54) is 12.1 Å². The van der Waals surface area contributed by atoms with Crippen LogP contribution in [0.3, 0.4) is 0 Å². The molecule has 2 atom stereocenters. The van der Waals surface area contributed by atoms with Gasteiger partial charge in [-0.1, -0.05) is 18.2 Å². The first kappa shape index (κ1) is 14.0. The van der Waals surface area contributed by atoms with Gasteiger partial charge in [0.15, 0.2) is 0 Å². The molecule has 1 heterocycles. The Morgan fingerprint density at radius 2 is 2.00 bits per heavy atom. The quantitative estimate of drug-likeness (QED) is 0.777. The number of carbonyl (C=O) groups is 1. The number of alkyl halides is 1. The predicted molar refractivity (Wildman–Crippen MR) is 65.7 cm³/mol. The fourth-order valence-corrected chi connectivity index (χ4v) is 3.74. The van der Waals surface area contributed by atoms with E-state index in [-0.39, 0.29) is 17.9 Å². The molecule has 0 radical (unpaired) electrons. The van der Waals surface area contributed by atoms with Crippen LogP contribution < -0.4 is 0 Å². The zero-order valence-corrected chi connectivity index (χ0v) is 11.1. The molecule has 1 aromatic rings. The molecule has 1 saturated heterocycles. The lowest BCUT2D eigenvalue weighted by molar-refractivity contribution is -0.144. The highest BCUT2D eigenvalue weighted by Gasteiger charge is 2.44. The number of methoxy groups -OCH3 is 1. The van der Waals surface area contributed by atoms with Gasteiger partial charge in [-0.2, -0.15) is 4.31 Å². The second-order valence-corrected chi connectivity index (χ2v) is 6.15. The topological polar surface area (TPSA) is 63.7 Å². The van der Waals surface area contributed by atoms with Crippen molar-refractivity contribution in [2.24, 2.45) is 0 Å². The highest BCUT2D eigenvalue weighted by Crippen LogP contribution is 2.28. The third kappa shape index (κ3) is 2.62. The Balaban J connectivity index is 2.36. The van der Waals surface area contributed by atoms with Crippen LogP contribution >= 0.6 is 0 Å². The summed E-state index contributed by atoms with van der Waals surface area (Å²) in [5, 5.41) is 0. The van der Waals surface area contributed by atoms with Crippen LogP contribution in [0.15, 0.2) is 35.2 Å². The summed E-state index contributed by atoms with van der Waals surface area (Å²) in [6, 6.07) is 6.56. The molecule has 5 nitrogen and oxygen atoms in total. The zero-order valence-electron chi connectivity index (χ0n) is 10.3. The van der Waals surface area contributed by atoms with Crippen molar-refractivity contribution in [3.05, 3.63) is 30.3 Å². The van der Waals surface area contributed by atoms with Gasteiger partial charge in [-0.25, -0.2) is 12.8 Å². The Hall–Kier alpha value is -1.47. The van der Waals surface area contributed by atoms with Crippen LogP contribution in [0, 0.1) is 0 Å².